The number of nitrogens with one attached hydrogen (secondary N) is 1. The lowest BCUT2D eigenvalue weighted by Gasteiger charge is -2.40. The lowest BCUT2D eigenvalue weighted by Crippen LogP contribution is -2.46. The second kappa shape index (κ2) is 5.41. The summed E-state index contributed by atoms with van der Waals surface area (Å²) in [6, 6.07) is 0. The molecule has 0 aromatic carbocycles. The van der Waals surface area contributed by atoms with E-state index in [1.165, 1.54) is 12.7 Å². The minimum absolute atomic E-state index is 0.123. The summed E-state index contributed by atoms with van der Waals surface area (Å²) in [5.74, 6) is 1.36. The van der Waals surface area contributed by atoms with E-state index in [0.717, 1.165) is 30.6 Å². The van der Waals surface area contributed by atoms with Crippen molar-refractivity contribution >= 4 is 17.4 Å². The smallest absolute Gasteiger partial charge is 0.137 e. The van der Waals surface area contributed by atoms with Crippen LogP contribution in [0.15, 0.2) is 6.33 Å². The molecule has 1 heterocycles. The molecule has 1 aromatic heterocycles. The van der Waals surface area contributed by atoms with Gasteiger partial charge in [0.1, 0.15) is 17.3 Å². The molecule has 100 valence electrons. The maximum atomic E-state index is 9.74. The van der Waals surface area contributed by atoms with E-state index < -0.39 is 0 Å². The largest absolute Gasteiger partial charge is 0.394 e. The van der Waals surface area contributed by atoms with Crippen LogP contribution in [0.5, 0.6) is 0 Å². The summed E-state index contributed by atoms with van der Waals surface area (Å²) in [7, 11) is 0. The predicted molar refractivity (Wildman–Crippen MR) is 72.9 cm³/mol. The topological polar surface area (TPSA) is 58.0 Å². The van der Waals surface area contributed by atoms with Gasteiger partial charge >= 0.3 is 0 Å². The van der Waals surface area contributed by atoms with Gasteiger partial charge in [0.05, 0.1) is 12.1 Å². The highest BCUT2D eigenvalue weighted by Gasteiger charge is 2.35. The molecule has 1 aliphatic rings. The normalized spacial score (nSPS) is 28.1. The van der Waals surface area contributed by atoms with E-state index in [1.807, 2.05) is 6.92 Å². The van der Waals surface area contributed by atoms with Crippen LogP contribution in [0.1, 0.15) is 38.2 Å². The summed E-state index contributed by atoms with van der Waals surface area (Å²) >= 11 is 6.00. The number of hydrogen-bond acceptors (Lipinski definition) is 4. The second-order valence-corrected chi connectivity index (χ2v) is 5.76. The van der Waals surface area contributed by atoms with E-state index in [-0.39, 0.29) is 12.1 Å². The van der Waals surface area contributed by atoms with Crippen molar-refractivity contribution in [1.82, 2.24) is 9.97 Å². The monoisotopic (exact) mass is 269 g/mol. The molecule has 2 N–H and O–H groups in total. The lowest BCUT2D eigenvalue weighted by molar-refractivity contribution is 0.149. The Morgan fingerprint density at radius 3 is 3.00 bits per heavy atom. The maximum Gasteiger partial charge on any atom is 0.137 e. The van der Waals surface area contributed by atoms with Gasteiger partial charge in [0.15, 0.2) is 0 Å². The molecule has 0 aliphatic heterocycles. The first kappa shape index (κ1) is 13.6. The van der Waals surface area contributed by atoms with Gasteiger partial charge < -0.3 is 10.4 Å². The standard InChI is InChI=1S/C13H20ClN3O/c1-9-4-3-5-13(6-9,7-18)17-12-10(2)11(14)15-8-16-12/h8-9,18H,3-7H2,1-2H3,(H,15,16,17). The molecular weight excluding hydrogens is 250 g/mol. The highest BCUT2D eigenvalue weighted by Crippen LogP contribution is 2.35. The van der Waals surface area contributed by atoms with Gasteiger partial charge in [0.25, 0.3) is 0 Å². The van der Waals surface area contributed by atoms with Crippen molar-refractivity contribution in [2.75, 3.05) is 11.9 Å². The van der Waals surface area contributed by atoms with E-state index in [1.54, 1.807) is 0 Å². The molecule has 0 radical (unpaired) electrons. The number of aliphatic hydroxyl groups is 1. The molecule has 2 unspecified atom stereocenters. The number of aromatic nitrogens is 2. The van der Waals surface area contributed by atoms with Crippen LogP contribution in [-0.2, 0) is 0 Å². The third-order valence-electron chi connectivity index (χ3n) is 3.80. The van der Waals surface area contributed by atoms with Crippen LogP contribution in [-0.4, -0.2) is 27.2 Å². The highest BCUT2D eigenvalue weighted by atomic mass is 35.5. The van der Waals surface area contributed by atoms with E-state index in [9.17, 15) is 5.11 Å². The Morgan fingerprint density at radius 2 is 2.33 bits per heavy atom. The predicted octanol–water partition coefficient (Wildman–Crippen LogP) is 2.79. The Balaban J connectivity index is 2.22. The molecule has 2 atom stereocenters. The van der Waals surface area contributed by atoms with Crippen molar-refractivity contribution in [1.29, 1.82) is 0 Å². The van der Waals surface area contributed by atoms with Crippen molar-refractivity contribution in [2.24, 2.45) is 5.92 Å². The Morgan fingerprint density at radius 1 is 1.56 bits per heavy atom. The zero-order valence-electron chi connectivity index (χ0n) is 10.9. The average Bonchev–Trinajstić information content (AvgIpc) is 2.35. The van der Waals surface area contributed by atoms with Crippen molar-refractivity contribution in [3.8, 4) is 0 Å². The van der Waals surface area contributed by atoms with Crippen LogP contribution in [0.4, 0.5) is 5.82 Å². The first-order valence-electron chi connectivity index (χ1n) is 6.42. The quantitative estimate of drug-likeness (QED) is 0.829. The first-order valence-corrected chi connectivity index (χ1v) is 6.80. The molecule has 1 fully saturated rings. The molecule has 2 rings (SSSR count). The second-order valence-electron chi connectivity index (χ2n) is 5.40. The van der Waals surface area contributed by atoms with Crippen LogP contribution < -0.4 is 5.32 Å². The van der Waals surface area contributed by atoms with Crippen molar-refractivity contribution in [2.45, 2.75) is 45.1 Å². The Bertz CT molecular complexity index is 427. The molecule has 0 amide bonds. The minimum atomic E-state index is -0.264. The molecule has 18 heavy (non-hydrogen) atoms. The van der Waals surface area contributed by atoms with Crippen LogP contribution >= 0.6 is 11.6 Å². The van der Waals surface area contributed by atoms with E-state index in [0.29, 0.717) is 11.1 Å². The Hall–Kier alpha value is -0.870. The third-order valence-corrected chi connectivity index (χ3v) is 4.18. The van der Waals surface area contributed by atoms with E-state index in [2.05, 4.69) is 22.2 Å². The maximum absolute atomic E-state index is 9.74. The summed E-state index contributed by atoms with van der Waals surface area (Å²) in [6.45, 7) is 4.24. The summed E-state index contributed by atoms with van der Waals surface area (Å²) in [4.78, 5) is 8.18. The summed E-state index contributed by atoms with van der Waals surface area (Å²) in [6.07, 6.45) is 5.74. The van der Waals surface area contributed by atoms with Gasteiger partial charge in [0, 0.05) is 5.56 Å². The van der Waals surface area contributed by atoms with Gasteiger partial charge in [-0.1, -0.05) is 31.4 Å². The number of nitrogens with zero attached hydrogens (tertiary/aromatic N) is 2. The number of halogens is 1. The summed E-state index contributed by atoms with van der Waals surface area (Å²) in [5.41, 5.74) is 0.574. The molecule has 1 aliphatic carbocycles. The SMILES string of the molecule is Cc1c(Cl)ncnc1NC1(CO)CCCC(C)C1. The Kier molecular flexibility index (Phi) is 4.07. The lowest BCUT2D eigenvalue weighted by atomic mass is 9.77. The number of rotatable bonds is 3. The molecule has 0 spiro atoms. The van der Waals surface area contributed by atoms with Crippen molar-refractivity contribution in [3.05, 3.63) is 17.0 Å². The Labute approximate surface area is 113 Å². The molecule has 0 saturated heterocycles. The van der Waals surface area contributed by atoms with Gasteiger partial charge in [-0.2, -0.15) is 0 Å². The molecular formula is C13H20ClN3O. The van der Waals surface area contributed by atoms with Gasteiger partial charge in [-0.3, -0.25) is 0 Å². The fourth-order valence-corrected chi connectivity index (χ4v) is 2.90. The summed E-state index contributed by atoms with van der Waals surface area (Å²) in [5, 5.41) is 13.6. The molecule has 1 aromatic rings. The van der Waals surface area contributed by atoms with Crippen LogP contribution in [0, 0.1) is 12.8 Å². The molecule has 5 heteroatoms. The van der Waals surface area contributed by atoms with Crippen molar-refractivity contribution in [3.63, 3.8) is 0 Å². The van der Waals surface area contributed by atoms with Gasteiger partial charge in [-0.15, -0.1) is 0 Å². The zero-order chi connectivity index (χ0) is 13.2. The van der Waals surface area contributed by atoms with Gasteiger partial charge in [-0.25, -0.2) is 9.97 Å². The minimum Gasteiger partial charge on any atom is -0.394 e. The highest BCUT2D eigenvalue weighted by molar-refractivity contribution is 6.30. The molecule has 0 bridgehead atoms. The van der Waals surface area contributed by atoms with Crippen LogP contribution in [0.25, 0.3) is 0 Å². The molecule has 1 saturated carbocycles. The average molecular weight is 270 g/mol. The third kappa shape index (κ3) is 2.75. The number of aliphatic hydroxyl groups excluding tert-OH is 1. The van der Waals surface area contributed by atoms with Gasteiger partial charge in [0.2, 0.25) is 0 Å². The van der Waals surface area contributed by atoms with E-state index >= 15 is 0 Å². The van der Waals surface area contributed by atoms with Crippen LogP contribution in [0.2, 0.25) is 5.15 Å². The van der Waals surface area contributed by atoms with E-state index in [4.69, 9.17) is 11.6 Å². The van der Waals surface area contributed by atoms with Crippen molar-refractivity contribution < 1.29 is 5.11 Å². The zero-order valence-corrected chi connectivity index (χ0v) is 11.7. The molecule has 4 nitrogen and oxygen atoms in total. The van der Waals surface area contributed by atoms with Crippen LogP contribution in [0.3, 0.4) is 0 Å². The number of hydrogen-bond donors (Lipinski definition) is 2. The first-order chi connectivity index (χ1) is 8.56. The fourth-order valence-electron chi connectivity index (χ4n) is 2.76. The summed E-state index contributed by atoms with van der Waals surface area (Å²) < 4.78 is 0. The van der Waals surface area contributed by atoms with Gasteiger partial charge in [-0.05, 0) is 25.7 Å². The fraction of sp³-hybridized carbons (Fsp3) is 0.692. The number of anilines is 1.